The van der Waals surface area contributed by atoms with Crippen LogP contribution in [0.25, 0.3) is 0 Å². The van der Waals surface area contributed by atoms with Gasteiger partial charge in [0.1, 0.15) is 0 Å². The first-order valence-corrected chi connectivity index (χ1v) is 9.21. The maximum Gasteiger partial charge on any atom is 0.357 e. The van der Waals surface area contributed by atoms with Crippen LogP contribution in [-0.4, -0.2) is 42.9 Å². The van der Waals surface area contributed by atoms with Crippen LogP contribution < -0.4 is 5.32 Å². The van der Waals surface area contributed by atoms with Crippen molar-refractivity contribution in [2.24, 2.45) is 5.92 Å². The van der Waals surface area contributed by atoms with E-state index >= 15 is 0 Å². The summed E-state index contributed by atoms with van der Waals surface area (Å²) >= 11 is 0. The van der Waals surface area contributed by atoms with Gasteiger partial charge in [-0.3, -0.25) is 14.4 Å². The highest BCUT2D eigenvalue weighted by molar-refractivity contribution is 7.72. The van der Waals surface area contributed by atoms with Crippen molar-refractivity contribution >= 4 is 15.2 Å². The van der Waals surface area contributed by atoms with Crippen LogP contribution in [0, 0.1) is 5.92 Å². The Hall–Kier alpha value is 0.220. The summed E-state index contributed by atoms with van der Waals surface area (Å²) in [6, 6.07) is 0. The molecule has 0 fully saturated rings. The van der Waals surface area contributed by atoms with E-state index in [1.165, 1.54) is 0 Å². The Kier molecular flexibility index (Phi) is 7.38. The van der Waals surface area contributed by atoms with Crippen molar-refractivity contribution in [3.8, 4) is 0 Å². The van der Waals surface area contributed by atoms with Crippen molar-refractivity contribution in [1.29, 1.82) is 0 Å². The Balaban J connectivity index is 5.16. The standard InChI is InChI=1S/C9H23NO7P2/c1-3-8(2)4-6-10-9(5-7-11,18(12,13)14)19(15,16)17/h8,10-11H,3-7H2,1-2H3,(H2,12,13,14)(H2,15,16,17). The number of rotatable bonds is 9. The van der Waals surface area contributed by atoms with Gasteiger partial charge in [0.2, 0.25) is 5.02 Å². The quantitative estimate of drug-likeness (QED) is 0.335. The number of aliphatic hydroxyl groups is 1. The predicted octanol–water partition coefficient (Wildman–Crippen LogP) is 0.404. The fourth-order valence-corrected chi connectivity index (χ4v) is 4.41. The van der Waals surface area contributed by atoms with Gasteiger partial charge in [-0.25, -0.2) is 0 Å². The Bertz CT molecular complexity index is 342. The van der Waals surface area contributed by atoms with Crippen LogP contribution in [-0.2, 0) is 9.13 Å². The van der Waals surface area contributed by atoms with Gasteiger partial charge in [0.05, 0.1) is 0 Å². The second-order valence-electron chi connectivity index (χ2n) is 4.61. The van der Waals surface area contributed by atoms with Crippen LogP contribution in [0.1, 0.15) is 33.1 Å². The molecule has 10 heteroatoms. The van der Waals surface area contributed by atoms with Crippen molar-refractivity contribution in [1.82, 2.24) is 5.32 Å². The molecule has 0 saturated carbocycles. The largest absolute Gasteiger partial charge is 0.396 e. The second-order valence-corrected chi connectivity index (χ2v) is 8.66. The van der Waals surface area contributed by atoms with E-state index in [-0.39, 0.29) is 12.5 Å². The number of aliphatic hydroxyl groups excluding tert-OH is 1. The van der Waals surface area contributed by atoms with Crippen LogP contribution in [0.3, 0.4) is 0 Å². The molecule has 0 aliphatic heterocycles. The predicted molar refractivity (Wildman–Crippen MR) is 70.6 cm³/mol. The van der Waals surface area contributed by atoms with Crippen molar-refractivity contribution < 1.29 is 33.8 Å². The summed E-state index contributed by atoms with van der Waals surface area (Å²) in [7, 11) is -10.3. The molecule has 0 amide bonds. The normalized spacial score (nSPS) is 15.5. The molecule has 0 spiro atoms. The molecule has 6 N–H and O–H groups in total. The summed E-state index contributed by atoms with van der Waals surface area (Å²) in [4.78, 5) is 37.0. The Morgan fingerprint density at radius 3 is 1.95 bits per heavy atom. The van der Waals surface area contributed by atoms with E-state index in [1.54, 1.807) is 0 Å². The van der Waals surface area contributed by atoms with Gasteiger partial charge < -0.3 is 24.7 Å². The van der Waals surface area contributed by atoms with Crippen LogP contribution in [0.15, 0.2) is 0 Å². The van der Waals surface area contributed by atoms with Crippen LogP contribution >= 0.6 is 15.2 Å². The Labute approximate surface area is 112 Å². The molecule has 0 aliphatic rings. The van der Waals surface area contributed by atoms with E-state index < -0.39 is 33.2 Å². The fourth-order valence-electron chi connectivity index (χ4n) is 1.63. The number of hydrogen-bond acceptors (Lipinski definition) is 4. The van der Waals surface area contributed by atoms with Crippen molar-refractivity contribution in [3.63, 3.8) is 0 Å². The van der Waals surface area contributed by atoms with Gasteiger partial charge in [-0.1, -0.05) is 20.3 Å². The van der Waals surface area contributed by atoms with E-state index in [0.717, 1.165) is 6.42 Å². The fraction of sp³-hybridized carbons (Fsp3) is 1.00. The second kappa shape index (κ2) is 7.29. The van der Waals surface area contributed by atoms with E-state index in [1.807, 2.05) is 13.8 Å². The van der Waals surface area contributed by atoms with Gasteiger partial charge >= 0.3 is 15.2 Å². The summed E-state index contributed by atoms with van der Waals surface area (Å²) in [6.45, 7) is 3.17. The zero-order chi connectivity index (χ0) is 15.3. The number of hydrogen-bond donors (Lipinski definition) is 6. The molecule has 0 bridgehead atoms. The lowest BCUT2D eigenvalue weighted by Crippen LogP contribution is -2.46. The molecule has 0 saturated heterocycles. The summed E-state index contributed by atoms with van der Waals surface area (Å²) in [6.07, 6.45) is 0.645. The summed E-state index contributed by atoms with van der Waals surface area (Å²) in [5.41, 5.74) is 0. The third-order valence-electron chi connectivity index (χ3n) is 3.17. The molecule has 0 heterocycles. The topological polar surface area (TPSA) is 147 Å². The first-order chi connectivity index (χ1) is 8.52. The van der Waals surface area contributed by atoms with Crippen LogP contribution in [0.4, 0.5) is 0 Å². The lowest BCUT2D eigenvalue weighted by molar-refractivity contribution is 0.227. The van der Waals surface area contributed by atoms with Gasteiger partial charge in [-0.05, 0) is 18.9 Å². The minimum absolute atomic E-state index is 0.0469. The summed E-state index contributed by atoms with van der Waals surface area (Å²) in [5.74, 6) is 0.257. The van der Waals surface area contributed by atoms with Gasteiger partial charge in [0.15, 0.2) is 0 Å². The molecule has 1 atom stereocenters. The van der Waals surface area contributed by atoms with Gasteiger partial charge in [0.25, 0.3) is 0 Å². The van der Waals surface area contributed by atoms with E-state index in [4.69, 9.17) is 5.11 Å². The minimum atomic E-state index is -5.15. The van der Waals surface area contributed by atoms with E-state index in [9.17, 15) is 28.7 Å². The Morgan fingerprint density at radius 1 is 1.16 bits per heavy atom. The molecule has 0 aliphatic carbocycles. The molecule has 116 valence electrons. The average molecular weight is 319 g/mol. The minimum Gasteiger partial charge on any atom is -0.396 e. The molecule has 0 aromatic carbocycles. The SMILES string of the molecule is CCC(C)CCNC(CCO)(P(=O)(O)O)P(=O)(O)O. The smallest absolute Gasteiger partial charge is 0.357 e. The van der Waals surface area contributed by atoms with E-state index in [0.29, 0.717) is 6.42 Å². The van der Waals surface area contributed by atoms with E-state index in [2.05, 4.69) is 5.32 Å². The highest BCUT2D eigenvalue weighted by atomic mass is 31.2. The van der Waals surface area contributed by atoms with Gasteiger partial charge in [-0.15, -0.1) is 0 Å². The highest BCUT2D eigenvalue weighted by Crippen LogP contribution is 2.68. The third-order valence-corrected chi connectivity index (χ3v) is 7.42. The lowest BCUT2D eigenvalue weighted by atomic mass is 10.1. The first kappa shape index (κ1) is 19.2. The molecule has 0 aromatic heterocycles. The summed E-state index contributed by atoms with van der Waals surface area (Å²) in [5, 5.41) is 8.44. The molecular formula is C9H23NO7P2. The summed E-state index contributed by atoms with van der Waals surface area (Å²) < 4.78 is 22.9. The van der Waals surface area contributed by atoms with Crippen LogP contribution in [0.2, 0.25) is 0 Å². The zero-order valence-corrected chi connectivity index (χ0v) is 12.8. The van der Waals surface area contributed by atoms with Gasteiger partial charge in [-0.2, -0.15) is 0 Å². The maximum absolute atomic E-state index is 11.5. The molecule has 1 unspecified atom stereocenters. The highest BCUT2D eigenvalue weighted by Gasteiger charge is 2.59. The lowest BCUT2D eigenvalue weighted by Gasteiger charge is -2.35. The number of nitrogens with one attached hydrogen (secondary N) is 1. The van der Waals surface area contributed by atoms with Gasteiger partial charge in [0, 0.05) is 13.0 Å². The molecule has 19 heavy (non-hydrogen) atoms. The maximum atomic E-state index is 11.5. The molecule has 0 rings (SSSR count). The third kappa shape index (κ3) is 4.92. The first-order valence-electron chi connectivity index (χ1n) is 5.99. The molecule has 8 nitrogen and oxygen atoms in total. The monoisotopic (exact) mass is 319 g/mol. The average Bonchev–Trinajstić information content (AvgIpc) is 2.24. The van der Waals surface area contributed by atoms with Crippen LogP contribution in [0.5, 0.6) is 0 Å². The molecule has 0 radical (unpaired) electrons. The molecular weight excluding hydrogens is 296 g/mol. The van der Waals surface area contributed by atoms with Crippen molar-refractivity contribution in [2.45, 2.75) is 38.1 Å². The zero-order valence-electron chi connectivity index (χ0n) is 11.1. The van der Waals surface area contributed by atoms with Crippen molar-refractivity contribution in [2.75, 3.05) is 13.2 Å². The van der Waals surface area contributed by atoms with Crippen molar-refractivity contribution in [3.05, 3.63) is 0 Å². The molecule has 0 aromatic rings. The Morgan fingerprint density at radius 2 is 1.63 bits per heavy atom.